The Labute approximate surface area is 200 Å². The van der Waals surface area contributed by atoms with Gasteiger partial charge in [0.25, 0.3) is 5.69 Å². The highest BCUT2D eigenvalue weighted by atomic mass is 127. The molecule has 1 aliphatic rings. The van der Waals surface area contributed by atoms with Crippen LogP contribution >= 0.6 is 24.0 Å². The zero-order valence-corrected chi connectivity index (χ0v) is 20.2. The minimum atomic E-state index is -0.363. The topological polar surface area (TPSA) is 92.0 Å². The predicted octanol–water partition coefficient (Wildman–Crippen LogP) is 3.72. The Morgan fingerprint density at radius 3 is 2.52 bits per heavy atom. The lowest BCUT2D eigenvalue weighted by Crippen LogP contribution is -2.42. The molecule has 1 aliphatic heterocycles. The standard InChI is InChI=1S/C22H29N5O3.HI/c1-23-22(24-15-17-9-3-5-11-19(17)27(28)29)25-16-20(26-13-7-8-14-26)18-10-4-6-12-21(18)30-2;/h3-6,9-12,20H,7-8,13-16H2,1-2H3,(H2,23,24,25);1H. The Morgan fingerprint density at radius 1 is 1.16 bits per heavy atom. The van der Waals surface area contributed by atoms with E-state index in [1.54, 1.807) is 32.4 Å². The molecule has 9 heteroatoms. The summed E-state index contributed by atoms with van der Waals surface area (Å²) >= 11 is 0. The highest BCUT2D eigenvalue weighted by molar-refractivity contribution is 14.0. The van der Waals surface area contributed by atoms with Crippen molar-refractivity contribution >= 4 is 35.6 Å². The smallest absolute Gasteiger partial charge is 0.274 e. The van der Waals surface area contributed by atoms with E-state index in [-0.39, 0.29) is 40.6 Å². The van der Waals surface area contributed by atoms with Gasteiger partial charge in [-0.25, -0.2) is 0 Å². The summed E-state index contributed by atoms with van der Waals surface area (Å²) in [6.07, 6.45) is 2.38. The first-order chi connectivity index (χ1) is 14.6. The van der Waals surface area contributed by atoms with Crippen molar-refractivity contribution in [1.82, 2.24) is 15.5 Å². The normalized spacial score (nSPS) is 15.1. The molecule has 31 heavy (non-hydrogen) atoms. The minimum absolute atomic E-state index is 0. The molecule has 0 aliphatic carbocycles. The maximum absolute atomic E-state index is 11.2. The van der Waals surface area contributed by atoms with Crippen LogP contribution in [0.5, 0.6) is 5.75 Å². The zero-order valence-electron chi connectivity index (χ0n) is 17.9. The Hall–Kier alpha value is -2.40. The molecular weight excluding hydrogens is 509 g/mol. The predicted molar refractivity (Wildman–Crippen MR) is 133 cm³/mol. The third kappa shape index (κ3) is 6.54. The number of aliphatic imine (C=N–C) groups is 1. The number of guanidine groups is 1. The number of ether oxygens (including phenoxy) is 1. The lowest BCUT2D eigenvalue weighted by Gasteiger charge is -2.30. The summed E-state index contributed by atoms with van der Waals surface area (Å²) in [4.78, 5) is 17.6. The Morgan fingerprint density at radius 2 is 1.84 bits per heavy atom. The molecule has 8 nitrogen and oxygen atoms in total. The van der Waals surface area contributed by atoms with Crippen molar-refractivity contribution in [3.63, 3.8) is 0 Å². The fraction of sp³-hybridized carbons (Fsp3) is 0.409. The zero-order chi connectivity index (χ0) is 21.3. The van der Waals surface area contributed by atoms with E-state index in [9.17, 15) is 10.1 Å². The molecule has 0 saturated carbocycles. The number of hydrogen-bond donors (Lipinski definition) is 2. The van der Waals surface area contributed by atoms with Crippen molar-refractivity contribution in [3.05, 3.63) is 69.8 Å². The maximum Gasteiger partial charge on any atom is 0.274 e. The molecule has 1 heterocycles. The van der Waals surface area contributed by atoms with Crippen LogP contribution in [0.15, 0.2) is 53.5 Å². The molecule has 0 spiro atoms. The van der Waals surface area contributed by atoms with Gasteiger partial charge in [-0.05, 0) is 32.0 Å². The molecule has 2 aromatic rings. The Balaban J connectivity index is 0.00000341. The number of nitrogens with zero attached hydrogens (tertiary/aromatic N) is 3. The van der Waals surface area contributed by atoms with Crippen molar-refractivity contribution in [2.75, 3.05) is 33.8 Å². The largest absolute Gasteiger partial charge is 0.496 e. The van der Waals surface area contributed by atoms with Gasteiger partial charge in [-0.3, -0.25) is 20.0 Å². The van der Waals surface area contributed by atoms with Gasteiger partial charge in [0.2, 0.25) is 0 Å². The minimum Gasteiger partial charge on any atom is -0.496 e. The van der Waals surface area contributed by atoms with Gasteiger partial charge >= 0.3 is 0 Å². The van der Waals surface area contributed by atoms with Crippen molar-refractivity contribution in [1.29, 1.82) is 0 Å². The summed E-state index contributed by atoms with van der Waals surface area (Å²) in [6.45, 7) is 3.07. The van der Waals surface area contributed by atoms with Gasteiger partial charge in [0, 0.05) is 37.3 Å². The van der Waals surface area contributed by atoms with Crippen molar-refractivity contribution < 1.29 is 9.66 Å². The third-order valence-corrected chi connectivity index (χ3v) is 5.40. The van der Waals surface area contributed by atoms with Crippen LogP contribution < -0.4 is 15.4 Å². The highest BCUT2D eigenvalue weighted by Gasteiger charge is 2.26. The molecule has 0 bridgehead atoms. The number of hydrogen-bond acceptors (Lipinski definition) is 5. The van der Waals surface area contributed by atoms with Crippen molar-refractivity contribution in [2.45, 2.75) is 25.4 Å². The fourth-order valence-corrected chi connectivity index (χ4v) is 3.86. The Kier molecular flexibility index (Phi) is 9.99. The van der Waals surface area contributed by atoms with E-state index < -0.39 is 0 Å². The van der Waals surface area contributed by atoms with E-state index in [2.05, 4.69) is 26.6 Å². The Bertz CT molecular complexity index is 887. The number of nitro benzene ring substituents is 1. The molecule has 2 N–H and O–H groups in total. The number of nitrogens with one attached hydrogen (secondary N) is 2. The van der Waals surface area contributed by atoms with Crippen LogP contribution in [-0.4, -0.2) is 49.6 Å². The molecule has 1 saturated heterocycles. The van der Waals surface area contributed by atoms with Gasteiger partial charge in [0.15, 0.2) is 5.96 Å². The number of benzene rings is 2. The summed E-state index contributed by atoms with van der Waals surface area (Å²) in [5.74, 6) is 1.48. The van der Waals surface area contributed by atoms with Gasteiger partial charge < -0.3 is 15.4 Å². The van der Waals surface area contributed by atoms with E-state index in [1.165, 1.54) is 18.9 Å². The van der Waals surface area contributed by atoms with Crippen LogP contribution in [0.3, 0.4) is 0 Å². The first-order valence-corrected chi connectivity index (χ1v) is 10.2. The van der Waals surface area contributed by atoms with Crippen LogP contribution in [0.1, 0.15) is 30.0 Å². The second-order valence-electron chi connectivity index (χ2n) is 7.19. The number of rotatable bonds is 8. The lowest BCUT2D eigenvalue weighted by atomic mass is 10.0. The summed E-state index contributed by atoms with van der Waals surface area (Å²) in [7, 11) is 3.39. The molecule has 0 radical (unpaired) electrons. The number of methoxy groups -OCH3 is 1. The van der Waals surface area contributed by atoms with Crippen molar-refractivity contribution in [3.8, 4) is 5.75 Å². The summed E-state index contributed by atoms with van der Waals surface area (Å²) in [5, 5.41) is 17.8. The summed E-state index contributed by atoms with van der Waals surface area (Å²) in [6, 6.07) is 15.0. The average Bonchev–Trinajstić information content (AvgIpc) is 3.31. The van der Waals surface area contributed by atoms with E-state index >= 15 is 0 Å². The van der Waals surface area contributed by atoms with E-state index in [0.29, 0.717) is 24.6 Å². The quantitative estimate of drug-likeness (QED) is 0.175. The van der Waals surface area contributed by atoms with Crippen LogP contribution in [0.4, 0.5) is 5.69 Å². The van der Waals surface area contributed by atoms with Gasteiger partial charge in [-0.1, -0.05) is 36.4 Å². The SMILES string of the molecule is CN=C(NCc1ccccc1[N+](=O)[O-])NCC(c1ccccc1OC)N1CCCC1.I. The molecule has 1 unspecified atom stereocenters. The second kappa shape index (κ2) is 12.5. The van der Waals surface area contributed by atoms with Crippen LogP contribution in [0.25, 0.3) is 0 Å². The van der Waals surface area contributed by atoms with Gasteiger partial charge in [-0.2, -0.15) is 0 Å². The number of likely N-dealkylation sites (tertiary alicyclic amines) is 1. The lowest BCUT2D eigenvalue weighted by molar-refractivity contribution is -0.385. The average molecular weight is 539 g/mol. The number of halogens is 1. The molecule has 0 aromatic heterocycles. The first-order valence-electron chi connectivity index (χ1n) is 10.2. The maximum atomic E-state index is 11.2. The van der Waals surface area contributed by atoms with Gasteiger partial charge in [0.1, 0.15) is 5.75 Å². The molecule has 3 rings (SSSR count). The highest BCUT2D eigenvalue weighted by Crippen LogP contribution is 2.31. The first kappa shape index (κ1) is 24.9. The van der Waals surface area contributed by atoms with Gasteiger partial charge in [0.05, 0.1) is 18.1 Å². The van der Waals surface area contributed by atoms with E-state index in [0.717, 1.165) is 24.4 Å². The molecule has 1 fully saturated rings. The molecular formula is C22H30IN5O3. The van der Waals surface area contributed by atoms with Crippen LogP contribution in [0, 0.1) is 10.1 Å². The fourth-order valence-electron chi connectivity index (χ4n) is 3.86. The molecule has 0 amide bonds. The number of nitro groups is 1. The van der Waals surface area contributed by atoms with Crippen LogP contribution in [-0.2, 0) is 6.54 Å². The monoisotopic (exact) mass is 539 g/mol. The number of para-hydroxylation sites is 2. The second-order valence-corrected chi connectivity index (χ2v) is 7.19. The van der Waals surface area contributed by atoms with Gasteiger partial charge in [-0.15, -0.1) is 24.0 Å². The van der Waals surface area contributed by atoms with E-state index in [4.69, 9.17) is 4.74 Å². The third-order valence-electron chi connectivity index (χ3n) is 5.40. The van der Waals surface area contributed by atoms with E-state index in [1.807, 2.05) is 18.2 Å². The molecule has 2 aromatic carbocycles. The summed E-state index contributed by atoms with van der Waals surface area (Å²) < 4.78 is 5.60. The molecule has 168 valence electrons. The molecule has 1 atom stereocenters. The van der Waals surface area contributed by atoms with Crippen LogP contribution in [0.2, 0.25) is 0 Å². The van der Waals surface area contributed by atoms with Crippen molar-refractivity contribution in [2.24, 2.45) is 4.99 Å². The summed E-state index contributed by atoms with van der Waals surface area (Å²) in [5.41, 5.74) is 1.86.